The van der Waals surface area contributed by atoms with E-state index >= 15 is 0 Å². The topological polar surface area (TPSA) is 53.1 Å². The molecule has 4 nitrogen and oxygen atoms in total. The summed E-state index contributed by atoms with van der Waals surface area (Å²) in [6.45, 7) is 9.41. The van der Waals surface area contributed by atoms with E-state index in [4.69, 9.17) is 10.5 Å². The number of hydrogen-bond donors (Lipinski definition) is 1. The number of aryl methyl sites for hydroxylation is 3. The van der Waals surface area contributed by atoms with E-state index in [1.54, 1.807) is 0 Å². The molecule has 114 valence electrons. The van der Waals surface area contributed by atoms with E-state index in [0.717, 1.165) is 39.3 Å². The van der Waals surface area contributed by atoms with Gasteiger partial charge in [-0.1, -0.05) is 12.1 Å². The van der Waals surface area contributed by atoms with Crippen LogP contribution in [-0.4, -0.2) is 9.78 Å². The molecule has 0 aliphatic carbocycles. The highest BCUT2D eigenvalue weighted by Crippen LogP contribution is 2.26. The second-order valence-electron chi connectivity index (χ2n) is 5.26. The van der Waals surface area contributed by atoms with Crippen LogP contribution in [0, 0.1) is 13.8 Å². The van der Waals surface area contributed by atoms with Gasteiger partial charge in [0.25, 0.3) is 0 Å². The molecule has 5 heteroatoms. The molecule has 0 aliphatic heterocycles. The maximum atomic E-state index is 5.96. The van der Waals surface area contributed by atoms with Crippen LogP contribution in [0.4, 0.5) is 0 Å². The maximum absolute atomic E-state index is 5.96. The lowest BCUT2D eigenvalue weighted by Gasteiger charge is -2.13. The standard InChI is InChI=1S/C16H22BrN3O/c1-5-20-14(16(17)12(4)19-20)9-21-15-7-6-13(11(3)18)8-10(15)2/h6-8,11H,5,9,18H2,1-4H3/t11-/m0/s1. The van der Waals surface area contributed by atoms with Gasteiger partial charge in [-0.05, 0) is 60.8 Å². The molecule has 21 heavy (non-hydrogen) atoms. The fraction of sp³-hybridized carbons (Fsp3) is 0.438. The van der Waals surface area contributed by atoms with Gasteiger partial charge >= 0.3 is 0 Å². The number of aromatic nitrogens is 2. The first-order valence-electron chi connectivity index (χ1n) is 7.14. The fourth-order valence-electron chi connectivity index (χ4n) is 2.27. The molecule has 0 bridgehead atoms. The summed E-state index contributed by atoms with van der Waals surface area (Å²) in [4.78, 5) is 0. The van der Waals surface area contributed by atoms with E-state index in [9.17, 15) is 0 Å². The number of nitrogens with zero attached hydrogens (tertiary/aromatic N) is 2. The van der Waals surface area contributed by atoms with E-state index < -0.39 is 0 Å². The third kappa shape index (κ3) is 3.47. The molecule has 2 rings (SSSR count). The van der Waals surface area contributed by atoms with Crippen molar-refractivity contribution in [1.82, 2.24) is 9.78 Å². The largest absolute Gasteiger partial charge is 0.487 e. The third-order valence-corrected chi connectivity index (χ3v) is 4.57. The van der Waals surface area contributed by atoms with Gasteiger partial charge in [0.05, 0.1) is 15.9 Å². The molecule has 0 spiro atoms. The molecule has 2 N–H and O–H groups in total. The maximum Gasteiger partial charge on any atom is 0.131 e. The van der Waals surface area contributed by atoms with Crippen molar-refractivity contribution in [3.63, 3.8) is 0 Å². The molecule has 0 fully saturated rings. The predicted octanol–water partition coefficient (Wildman–Crippen LogP) is 3.88. The Hall–Kier alpha value is -1.33. The summed E-state index contributed by atoms with van der Waals surface area (Å²) >= 11 is 3.58. The molecule has 1 aromatic heterocycles. The molecule has 1 aromatic carbocycles. The Kier molecular flexibility index (Phi) is 5.06. The molecule has 0 unspecified atom stereocenters. The lowest BCUT2D eigenvalue weighted by molar-refractivity contribution is 0.289. The molecule has 0 aliphatic rings. The van der Waals surface area contributed by atoms with Crippen LogP contribution >= 0.6 is 15.9 Å². The van der Waals surface area contributed by atoms with E-state index in [0.29, 0.717) is 6.61 Å². The average molecular weight is 352 g/mol. The molecular formula is C16H22BrN3O. The first-order chi connectivity index (χ1) is 9.93. The number of halogens is 1. The highest BCUT2D eigenvalue weighted by Gasteiger charge is 2.13. The van der Waals surface area contributed by atoms with Crippen molar-refractivity contribution in [1.29, 1.82) is 0 Å². The van der Waals surface area contributed by atoms with Gasteiger partial charge in [0, 0.05) is 12.6 Å². The molecule has 1 atom stereocenters. The van der Waals surface area contributed by atoms with Crippen molar-refractivity contribution in [2.24, 2.45) is 5.73 Å². The minimum Gasteiger partial charge on any atom is -0.487 e. The van der Waals surface area contributed by atoms with Gasteiger partial charge in [0.15, 0.2) is 0 Å². The fourth-order valence-corrected chi connectivity index (χ4v) is 2.67. The van der Waals surface area contributed by atoms with Crippen LogP contribution in [0.1, 0.15) is 42.4 Å². The molecule has 0 radical (unpaired) electrons. The second kappa shape index (κ2) is 6.62. The van der Waals surface area contributed by atoms with E-state index in [1.807, 2.05) is 37.6 Å². The number of benzene rings is 1. The Bertz CT molecular complexity index is 635. The van der Waals surface area contributed by atoms with Crippen molar-refractivity contribution in [3.8, 4) is 5.75 Å². The number of hydrogen-bond acceptors (Lipinski definition) is 3. The summed E-state index contributed by atoms with van der Waals surface area (Å²) < 4.78 is 8.95. The van der Waals surface area contributed by atoms with Crippen LogP contribution in [0.2, 0.25) is 0 Å². The lowest BCUT2D eigenvalue weighted by atomic mass is 10.1. The van der Waals surface area contributed by atoms with Gasteiger partial charge in [-0.2, -0.15) is 5.10 Å². The van der Waals surface area contributed by atoms with Crippen LogP contribution in [-0.2, 0) is 13.2 Å². The normalized spacial score (nSPS) is 12.5. The first-order valence-corrected chi connectivity index (χ1v) is 7.94. The Morgan fingerprint density at radius 1 is 1.38 bits per heavy atom. The number of rotatable bonds is 5. The molecule has 2 aromatic rings. The smallest absolute Gasteiger partial charge is 0.131 e. The zero-order chi connectivity index (χ0) is 15.6. The predicted molar refractivity (Wildman–Crippen MR) is 88.5 cm³/mol. The van der Waals surface area contributed by atoms with Crippen LogP contribution in [0.3, 0.4) is 0 Å². The monoisotopic (exact) mass is 351 g/mol. The summed E-state index contributed by atoms with van der Waals surface area (Å²) in [7, 11) is 0. The Morgan fingerprint density at radius 2 is 2.10 bits per heavy atom. The van der Waals surface area contributed by atoms with Crippen LogP contribution in [0.25, 0.3) is 0 Å². The highest BCUT2D eigenvalue weighted by atomic mass is 79.9. The quantitative estimate of drug-likeness (QED) is 0.889. The Balaban J connectivity index is 2.17. The summed E-state index contributed by atoms with van der Waals surface area (Å²) in [5, 5.41) is 4.47. The average Bonchev–Trinajstić information content (AvgIpc) is 2.72. The summed E-state index contributed by atoms with van der Waals surface area (Å²) in [6, 6.07) is 6.12. The third-order valence-electron chi connectivity index (χ3n) is 3.54. The van der Waals surface area contributed by atoms with Gasteiger partial charge < -0.3 is 10.5 Å². The lowest BCUT2D eigenvalue weighted by Crippen LogP contribution is -2.08. The molecular weight excluding hydrogens is 330 g/mol. The van der Waals surface area contributed by atoms with Crippen molar-refractivity contribution >= 4 is 15.9 Å². The van der Waals surface area contributed by atoms with Gasteiger partial charge in [-0.3, -0.25) is 4.68 Å². The highest BCUT2D eigenvalue weighted by molar-refractivity contribution is 9.10. The van der Waals surface area contributed by atoms with Crippen molar-refractivity contribution in [2.45, 2.75) is 46.9 Å². The summed E-state index contributed by atoms with van der Waals surface area (Å²) in [6.07, 6.45) is 0. The van der Waals surface area contributed by atoms with Gasteiger partial charge in [0.2, 0.25) is 0 Å². The molecule has 0 saturated heterocycles. The number of nitrogens with two attached hydrogens (primary N) is 1. The molecule has 0 saturated carbocycles. The van der Waals surface area contributed by atoms with E-state index in [-0.39, 0.29) is 6.04 Å². The van der Waals surface area contributed by atoms with Crippen molar-refractivity contribution in [2.75, 3.05) is 0 Å². The zero-order valence-corrected chi connectivity index (χ0v) is 14.6. The molecule has 1 heterocycles. The summed E-state index contributed by atoms with van der Waals surface area (Å²) in [5.74, 6) is 0.882. The van der Waals surface area contributed by atoms with Crippen molar-refractivity contribution in [3.05, 3.63) is 45.2 Å². The minimum atomic E-state index is 0.0380. The summed E-state index contributed by atoms with van der Waals surface area (Å²) in [5.41, 5.74) is 10.2. The van der Waals surface area contributed by atoms with Gasteiger partial charge in [-0.25, -0.2) is 0 Å². The van der Waals surface area contributed by atoms with Crippen LogP contribution in [0.15, 0.2) is 22.7 Å². The Labute approximate surface area is 134 Å². The van der Waals surface area contributed by atoms with E-state index in [1.165, 1.54) is 0 Å². The molecule has 0 amide bonds. The van der Waals surface area contributed by atoms with Gasteiger partial charge in [-0.15, -0.1) is 0 Å². The van der Waals surface area contributed by atoms with E-state index in [2.05, 4.69) is 34.0 Å². The number of ether oxygens (including phenoxy) is 1. The van der Waals surface area contributed by atoms with Crippen LogP contribution < -0.4 is 10.5 Å². The van der Waals surface area contributed by atoms with Crippen molar-refractivity contribution < 1.29 is 4.74 Å². The van der Waals surface area contributed by atoms with Gasteiger partial charge in [0.1, 0.15) is 12.4 Å². The first kappa shape index (κ1) is 16.0. The SMILES string of the molecule is CCn1nc(C)c(Br)c1COc1ccc([C@H](C)N)cc1C. The van der Waals surface area contributed by atoms with Crippen LogP contribution in [0.5, 0.6) is 5.75 Å². The Morgan fingerprint density at radius 3 is 2.67 bits per heavy atom. The minimum absolute atomic E-state index is 0.0380. The second-order valence-corrected chi connectivity index (χ2v) is 6.06. The zero-order valence-electron chi connectivity index (χ0n) is 13.0.